The molecule has 0 bridgehead atoms. The average Bonchev–Trinajstić information content (AvgIpc) is 2.49. The summed E-state index contributed by atoms with van der Waals surface area (Å²) in [5.74, 6) is 0.245. The van der Waals surface area contributed by atoms with Gasteiger partial charge in [-0.2, -0.15) is 0 Å². The topological polar surface area (TPSA) is 65.5 Å². The fourth-order valence-electron chi connectivity index (χ4n) is 2.35. The normalized spacial score (nSPS) is 12.2. The smallest absolute Gasteiger partial charge is 0.221 e. The number of carbonyl (C=O) groups is 1. The number of nitrogens with zero attached hydrogens (tertiary/aromatic N) is 1. The minimum atomic E-state index is -0.352. The molecule has 0 fully saturated rings. The number of nitrogens with one attached hydrogen (secondary N) is 3. The summed E-state index contributed by atoms with van der Waals surface area (Å²) in [4.78, 5) is 15.8. The van der Waals surface area contributed by atoms with Crippen LogP contribution in [0, 0.1) is 5.82 Å². The lowest BCUT2D eigenvalue weighted by atomic mass is 9.84. The van der Waals surface area contributed by atoms with Gasteiger partial charge in [-0.25, -0.2) is 4.39 Å². The second-order valence-electron chi connectivity index (χ2n) is 6.83. The van der Waals surface area contributed by atoms with Crippen LogP contribution in [-0.2, 0) is 10.2 Å². The maximum Gasteiger partial charge on any atom is 0.221 e. The van der Waals surface area contributed by atoms with Crippen LogP contribution in [0.25, 0.3) is 0 Å². The molecule has 0 aliphatic carbocycles. The first-order valence-corrected chi connectivity index (χ1v) is 8.73. The number of guanidine groups is 1. The number of hydrogen-bond donors (Lipinski definition) is 3. The highest BCUT2D eigenvalue weighted by Gasteiger charge is 2.24. The molecule has 0 aromatic heterocycles. The molecular weight excluding hydrogens is 343 g/mol. The van der Waals surface area contributed by atoms with Gasteiger partial charge in [0, 0.05) is 43.0 Å². The van der Waals surface area contributed by atoms with Crippen LogP contribution in [0.2, 0.25) is 5.02 Å². The number of amides is 1. The van der Waals surface area contributed by atoms with Gasteiger partial charge in [-0.3, -0.25) is 9.79 Å². The Morgan fingerprint density at radius 1 is 1.32 bits per heavy atom. The summed E-state index contributed by atoms with van der Waals surface area (Å²) >= 11 is 6.17. The van der Waals surface area contributed by atoms with Crippen LogP contribution in [-0.4, -0.2) is 38.0 Å². The van der Waals surface area contributed by atoms with E-state index in [2.05, 4.69) is 20.9 Å². The lowest BCUT2D eigenvalue weighted by Crippen LogP contribution is -2.44. The van der Waals surface area contributed by atoms with Crippen LogP contribution in [0.1, 0.15) is 39.7 Å². The molecule has 0 saturated carbocycles. The molecule has 0 aliphatic heterocycles. The molecular formula is C18H28ClFN4O. The molecule has 0 heterocycles. The fourth-order valence-corrected chi connectivity index (χ4v) is 2.77. The van der Waals surface area contributed by atoms with Crippen LogP contribution >= 0.6 is 11.6 Å². The minimum absolute atomic E-state index is 0.00335. The van der Waals surface area contributed by atoms with Gasteiger partial charge >= 0.3 is 0 Å². The number of benzene rings is 1. The van der Waals surface area contributed by atoms with Crippen molar-refractivity contribution in [3.63, 3.8) is 0 Å². The molecule has 1 rings (SSSR count). The summed E-state index contributed by atoms with van der Waals surface area (Å²) in [5, 5.41) is 9.57. The van der Waals surface area contributed by atoms with E-state index in [1.807, 2.05) is 27.7 Å². The molecule has 0 radical (unpaired) electrons. The van der Waals surface area contributed by atoms with Gasteiger partial charge < -0.3 is 16.0 Å². The molecule has 140 valence electrons. The van der Waals surface area contributed by atoms with Crippen molar-refractivity contribution in [3.05, 3.63) is 34.6 Å². The lowest BCUT2D eigenvalue weighted by Gasteiger charge is -2.27. The van der Waals surface area contributed by atoms with Gasteiger partial charge in [-0.15, -0.1) is 0 Å². The monoisotopic (exact) mass is 370 g/mol. The van der Waals surface area contributed by atoms with Gasteiger partial charge in [-0.1, -0.05) is 31.5 Å². The van der Waals surface area contributed by atoms with Crippen LogP contribution in [0.4, 0.5) is 4.39 Å². The highest BCUT2D eigenvalue weighted by atomic mass is 35.5. The van der Waals surface area contributed by atoms with Crippen LogP contribution in [0.15, 0.2) is 23.2 Å². The van der Waals surface area contributed by atoms with Crippen LogP contribution < -0.4 is 16.0 Å². The number of rotatable bonds is 7. The summed E-state index contributed by atoms with van der Waals surface area (Å²) in [5.41, 5.74) is 0.534. The minimum Gasteiger partial charge on any atom is -0.356 e. The molecule has 25 heavy (non-hydrogen) atoms. The molecule has 1 amide bonds. The third-order valence-corrected chi connectivity index (χ3v) is 3.99. The Bertz CT molecular complexity index is 617. The standard InChI is InChI=1S/C18H28ClFN4O/c1-12(2)24-16(25)8-9-22-17(21-5)23-11-18(3,4)14-7-6-13(20)10-15(14)19/h6-7,10,12H,8-9,11H2,1-5H3,(H,24,25)(H2,21,22,23). The Hall–Kier alpha value is -1.82. The predicted octanol–water partition coefficient (Wildman–Crippen LogP) is 2.84. The van der Waals surface area contributed by atoms with E-state index in [4.69, 9.17) is 11.6 Å². The summed E-state index contributed by atoms with van der Waals surface area (Å²) < 4.78 is 13.2. The summed E-state index contributed by atoms with van der Waals surface area (Å²) in [6, 6.07) is 4.56. The zero-order chi connectivity index (χ0) is 19.0. The number of aliphatic imine (C=N–C) groups is 1. The van der Waals surface area contributed by atoms with Crippen molar-refractivity contribution in [1.29, 1.82) is 0 Å². The summed E-state index contributed by atoms with van der Waals surface area (Å²) in [6.45, 7) is 8.92. The second-order valence-corrected chi connectivity index (χ2v) is 7.24. The van der Waals surface area contributed by atoms with E-state index in [1.165, 1.54) is 12.1 Å². The Balaban J connectivity index is 2.54. The SMILES string of the molecule is CN=C(NCCC(=O)NC(C)C)NCC(C)(C)c1ccc(F)cc1Cl. The summed E-state index contributed by atoms with van der Waals surface area (Å²) in [6.07, 6.45) is 0.367. The lowest BCUT2D eigenvalue weighted by molar-refractivity contribution is -0.121. The number of carbonyl (C=O) groups excluding carboxylic acids is 1. The molecule has 0 saturated heterocycles. The number of hydrogen-bond acceptors (Lipinski definition) is 2. The largest absolute Gasteiger partial charge is 0.356 e. The molecule has 3 N–H and O–H groups in total. The van der Waals surface area contributed by atoms with Gasteiger partial charge in [0.15, 0.2) is 5.96 Å². The van der Waals surface area contributed by atoms with E-state index >= 15 is 0 Å². The van der Waals surface area contributed by atoms with Crippen molar-refractivity contribution in [2.75, 3.05) is 20.1 Å². The Kier molecular flexibility index (Phi) is 8.16. The Morgan fingerprint density at radius 3 is 2.56 bits per heavy atom. The molecule has 0 unspecified atom stereocenters. The molecule has 1 aromatic rings. The second kappa shape index (κ2) is 9.61. The highest BCUT2D eigenvalue weighted by Crippen LogP contribution is 2.29. The van der Waals surface area contributed by atoms with E-state index in [0.29, 0.717) is 30.5 Å². The first-order chi connectivity index (χ1) is 11.7. The van der Waals surface area contributed by atoms with Crippen molar-refractivity contribution >= 4 is 23.5 Å². The first kappa shape index (κ1) is 21.2. The van der Waals surface area contributed by atoms with Crippen LogP contribution in [0.5, 0.6) is 0 Å². The highest BCUT2D eigenvalue weighted by molar-refractivity contribution is 6.31. The van der Waals surface area contributed by atoms with Crippen molar-refractivity contribution in [2.24, 2.45) is 4.99 Å². The van der Waals surface area contributed by atoms with Crippen molar-refractivity contribution in [1.82, 2.24) is 16.0 Å². The molecule has 7 heteroatoms. The van der Waals surface area contributed by atoms with Gasteiger partial charge in [-0.05, 0) is 31.5 Å². The maximum absolute atomic E-state index is 13.2. The maximum atomic E-state index is 13.2. The van der Waals surface area contributed by atoms with Crippen LogP contribution in [0.3, 0.4) is 0 Å². The average molecular weight is 371 g/mol. The Morgan fingerprint density at radius 2 is 2.00 bits per heavy atom. The van der Waals surface area contributed by atoms with E-state index in [0.717, 1.165) is 5.56 Å². The van der Waals surface area contributed by atoms with E-state index in [1.54, 1.807) is 13.1 Å². The zero-order valence-corrected chi connectivity index (χ0v) is 16.3. The van der Waals surface area contributed by atoms with E-state index in [9.17, 15) is 9.18 Å². The quantitative estimate of drug-likeness (QED) is 0.510. The molecule has 0 atom stereocenters. The molecule has 5 nitrogen and oxygen atoms in total. The van der Waals surface area contributed by atoms with E-state index < -0.39 is 0 Å². The molecule has 0 aliphatic rings. The molecule has 0 spiro atoms. The first-order valence-electron chi connectivity index (χ1n) is 8.35. The third-order valence-electron chi connectivity index (χ3n) is 3.68. The van der Waals surface area contributed by atoms with Gasteiger partial charge in [0.1, 0.15) is 5.82 Å². The third kappa shape index (κ3) is 7.30. The van der Waals surface area contributed by atoms with Gasteiger partial charge in [0.25, 0.3) is 0 Å². The fraction of sp³-hybridized carbons (Fsp3) is 0.556. The van der Waals surface area contributed by atoms with Gasteiger partial charge in [0.2, 0.25) is 5.91 Å². The van der Waals surface area contributed by atoms with Gasteiger partial charge in [0.05, 0.1) is 0 Å². The predicted molar refractivity (Wildman–Crippen MR) is 102 cm³/mol. The zero-order valence-electron chi connectivity index (χ0n) is 15.5. The van der Waals surface area contributed by atoms with Crippen molar-refractivity contribution in [2.45, 2.75) is 45.6 Å². The number of halogens is 2. The van der Waals surface area contributed by atoms with E-state index in [-0.39, 0.29) is 23.2 Å². The van der Waals surface area contributed by atoms with Crippen molar-refractivity contribution in [3.8, 4) is 0 Å². The molecule has 1 aromatic carbocycles. The summed E-state index contributed by atoms with van der Waals surface area (Å²) in [7, 11) is 1.67. The Labute approximate surface area is 154 Å². The van der Waals surface area contributed by atoms with Crippen molar-refractivity contribution < 1.29 is 9.18 Å².